The second kappa shape index (κ2) is 5.02. The van der Waals surface area contributed by atoms with Crippen molar-refractivity contribution in [2.75, 3.05) is 0 Å². The van der Waals surface area contributed by atoms with Crippen LogP contribution in [0.5, 0.6) is 0 Å². The highest BCUT2D eigenvalue weighted by Crippen LogP contribution is 2.27. The van der Waals surface area contributed by atoms with Gasteiger partial charge in [0.2, 0.25) is 0 Å². The van der Waals surface area contributed by atoms with Crippen molar-refractivity contribution in [2.24, 2.45) is 5.73 Å². The third-order valence-electron chi connectivity index (χ3n) is 3.02. The van der Waals surface area contributed by atoms with Gasteiger partial charge in [0.05, 0.1) is 6.20 Å². The van der Waals surface area contributed by atoms with Crippen molar-refractivity contribution < 1.29 is 0 Å². The van der Waals surface area contributed by atoms with E-state index < -0.39 is 0 Å². The highest BCUT2D eigenvalue weighted by Gasteiger charge is 2.12. The normalized spacial score (nSPS) is 12.9. The third kappa shape index (κ3) is 2.76. The first kappa shape index (κ1) is 12.3. The number of nitrogens with two attached hydrogens (primary N) is 1. The summed E-state index contributed by atoms with van der Waals surface area (Å²) >= 11 is 1.80. The molecular weight excluding hydrogens is 230 g/mol. The van der Waals surface area contributed by atoms with Crippen LogP contribution in [0, 0.1) is 13.8 Å². The van der Waals surface area contributed by atoms with Crippen molar-refractivity contribution in [3.63, 3.8) is 0 Å². The summed E-state index contributed by atoms with van der Waals surface area (Å²) in [6.45, 7) is 7.28. The smallest absolute Gasteiger partial charge is 0.0522 e. The van der Waals surface area contributed by atoms with E-state index in [9.17, 15) is 0 Å². The standard InChI is InChI=1S/C13H19N3S/c1-4-16-8-11(7-15-16)6-12(14)13-5-9(2)10(3)17-13/h5,7-8,12H,4,6,14H2,1-3H3. The predicted octanol–water partition coefficient (Wildman–Crippen LogP) is 2.82. The fraction of sp³-hybridized carbons (Fsp3) is 0.462. The van der Waals surface area contributed by atoms with E-state index in [0.717, 1.165) is 13.0 Å². The van der Waals surface area contributed by atoms with Crippen LogP contribution in [0.1, 0.15) is 33.8 Å². The van der Waals surface area contributed by atoms with E-state index in [0.29, 0.717) is 0 Å². The number of aryl methyl sites for hydroxylation is 3. The molecular formula is C13H19N3S. The zero-order chi connectivity index (χ0) is 12.4. The van der Waals surface area contributed by atoms with Gasteiger partial charge in [-0.05, 0) is 44.4 Å². The monoisotopic (exact) mass is 249 g/mol. The number of hydrogen-bond acceptors (Lipinski definition) is 3. The molecule has 2 rings (SSSR count). The third-order valence-corrected chi connectivity index (χ3v) is 4.30. The van der Waals surface area contributed by atoms with Crippen molar-refractivity contribution >= 4 is 11.3 Å². The lowest BCUT2D eigenvalue weighted by atomic mass is 10.1. The van der Waals surface area contributed by atoms with Gasteiger partial charge in [-0.3, -0.25) is 4.68 Å². The molecule has 2 aromatic rings. The molecule has 0 aliphatic rings. The molecule has 17 heavy (non-hydrogen) atoms. The number of nitrogens with zero attached hydrogens (tertiary/aromatic N) is 2. The summed E-state index contributed by atoms with van der Waals surface area (Å²) in [6, 6.07) is 2.29. The van der Waals surface area contributed by atoms with Crippen LogP contribution < -0.4 is 5.73 Å². The van der Waals surface area contributed by atoms with Gasteiger partial charge in [-0.25, -0.2) is 0 Å². The van der Waals surface area contributed by atoms with Crippen LogP contribution in [0.2, 0.25) is 0 Å². The van der Waals surface area contributed by atoms with Crippen LogP contribution >= 0.6 is 11.3 Å². The number of rotatable bonds is 4. The molecule has 2 heterocycles. The summed E-state index contributed by atoms with van der Waals surface area (Å²) < 4.78 is 1.94. The average Bonchev–Trinajstić information content (AvgIpc) is 2.87. The quantitative estimate of drug-likeness (QED) is 0.905. The Morgan fingerprint density at radius 3 is 2.76 bits per heavy atom. The fourth-order valence-corrected chi connectivity index (χ4v) is 2.87. The first-order valence-electron chi connectivity index (χ1n) is 5.94. The molecule has 2 N–H and O–H groups in total. The Morgan fingerprint density at radius 2 is 2.24 bits per heavy atom. The molecule has 0 radical (unpaired) electrons. The van der Waals surface area contributed by atoms with Crippen molar-refractivity contribution in [3.05, 3.63) is 39.3 Å². The van der Waals surface area contributed by atoms with E-state index in [2.05, 4.69) is 38.1 Å². The highest BCUT2D eigenvalue weighted by molar-refractivity contribution is 7.12. The van der Waals surface area contributed by atoms with Gasteiger partial charge in [0, 0.05) is 28.5 Å². The average molecular weight is 249 g/mol. The van der Waals surface area contributed by atoms with Gasteiger partial charge >= 0.3 is 0 Å². The summed E-state index contributed by atoms with van der Waals surface area (Å²) in [7, 11) is 0. The van der Waals surface area contributed by atoms with Gasteiger partial charge in [-0.15, -0.1) is 11.3 Å². The topological polar surface area (TPSA) is 43.8 Å². The first-order valence-corrected chi connectivity index (χ1v) is 6.75. The van der Waals surface area contributed by atoms with Gasteiger partial charge < -0.3 is 5.73 Å². The SMILES string of the molecule is CCn1cc(CC(N)c2cc(C)c(C)s2)cn1. The van der Waals surface area contributed by atoms with E-state index in [1.165, 1.54) is 20.9 Å². The number of hydrogen-bond donors (Lipinski definition) is 1. The van der Waals surface area contributed by atoms with Crippen LogP contribution in [0.4, 0.5) is 0 Å². The second-order valence-electron chi connectivity index (χ2n) is 4.40. The molecule has 2 aromatic heterocycles. The molecule has 1 unspecified atom stereocenters. The summed E-state index contributed by atoms with van der Waals surface area (Å²) in [5.41, 5.74) is 8.78. The lowest BCUT2D eigenvalue weighted by Crippen LogP contribution is -2.11. The Balaban J connectivity index is 2.08. The Kier molecular flexibility index (Phi) is 3.64. The minimum atomic E-state index is 0.0851. The number of aromatic nitrogens is 2. The van der Waals surface area contributed by atoms with Crippen molar-refractivity contribution in [3.8, 4) is 0 Å². The molecule has 0 fully saturated rings. The molecule has 1 atom stereocenters. The van der Waals surface area contributed by atoms with Crippen molar-refractivity contribution in [1.29, 1.82) is 0 Å². The summed E-state index contributed by atoms with van der Waals surface area (Å²) in [5, 5.41) is 4.27. The van der Waals surface area contributed by atoms with Gasteiger partial charge in [-0.2, -0.15) is 5.10 Å². The lowest BCUT2D eigenvalue weighted by molar-refractivity contribution is 0.657. The molecule has 4 heteroatoms. The second-order valence-corrected chi connectivity index (χ2v) is 5.69. The van der Waals surface area contributed by atoms with Gasteiger partial charge in [-0.1, -0.05) is 0 Å². The molecule has 92 valence electrons. The van der Waals surface area contributed by atoms with E-state index in [1.807, 2.05) is 10.9 Å². The lowest BCUT2D eigenvalue weighted by Gasteiger charge is -2.07. The fourth-order valence-electron chi connectivity index (χ4n) is 1.82. The zero-order valence-corrected chi connectivity index (χ0v) is 11.4. The molecule has 0 aliphatic heterocycles. The van der Waals surface area contributed by atoms with Crippen LogP contribution in [-0.2, 0) is 13.0 Å². The molecule has 3 nitrogen and oxygen atoms in total. The molecule has 0 spiro atoms. The van der Waals surface area contributed by atoms with Gasteiger partial charge in [0.25, 0.3) is 0 Å². The van der Waals surface area contributed by atoms with E-state index in [-0.39, 0.29) is 6.04 Å². The van der Waals surface area contributed by atoms with Gasteiger partial charge in [0.1, 0.15) is 0 Å². The first-order chi connectivity index (χ1) is 8.10. The van der Waals surface area contributed by atoms with E-state index >= 15 is 0 Å². The zero-order valence-electron chi connectivity index (χ0n) is 10.6. The van der Waals surface area contributed by atoms with Crippen molar-refractivity contribution in [1.82, 2.24) is 9.78 Å². The summed E-state index contributed by atoms with van der Waals surface area (Å²) in [4.78, 5) is 2.63. The minimum absolute atomic E-state index is 0.0851. The maximum atomic E-state index is 6.23. The van der Waals surface area contributed by atoms with Crippen LogP contribution in [0.15, 0.2) is 18.5 Å². The Hall–Kier alpha value is -1.13. The predicted molar refractivity (Wildman–Crippen MR) is 72.3 cm³/mol. The molecule has 0 saturated heterocycles. The maximum Gasteiger partial charge on any atom is 0.0522 e. The summed E-state index contributed by atoms with van der Waals surface area (Å²) in [6.07, 6.45) is 4.85. The van der Waals surface area contributed by atoms with E-state index in [1.54, 1.807) is 11.3 Å². The molecule has 0 bridgehead atoms. The summed E-state index contributed by atoms with van der Waals surface area (Å²) in [5.74, 6) is 0. The Labute approximate surface area is 106 Å². The largest absolute Gasteiger partial charge is 0.323 e. The Morgan fingerprint density at radius 1 is 1.47 bits per heavy atom. The van der Waals surface area contributed by atoms with Crippen LogP contribution in [0.25, 0.3) is 0 Å². The molecule has 0 saturated carbocycles. The molecule has 0 aromatic carbocycles. The van der Waals surface area contributed by atoms with Gasteiger partial charge in [0.15, 0.2) is 0 Å². The maximum absolute atomic E-state index is 6.23. The Bertz CT molecular complexity index is 479. The van der Waals surface area contributed by atoms with Crippen molar-refractivity contribution in [2.45, 2.75) is 39.8 Å². The highest BCUT2D eigenvalue weighted by atomic mass is 32.1. The molecule has 0 aliphatic carbocycles. The van der Waals surface area contributed by atoms with E-state index in [4.69, 9.17) is 5.73 Å². The van der Waals surface area contributed by atoms with Crippen LogP contribution in [0.3, 0.4) is 0 Å². The minimum Gasteiger partial charge on any atom is -0.323 e. The molecule has 0 amide bonds. The number of thiophene rings is 1. The van der Waals surface area contributed by atoms with Crippen LogP contribution in [-0.4, -0.2) is 9.78 Å².